The van der Waals surface area contributed by atoms with Gasteiger partial charge >= 0.3 is 6.18 Å². The van der Waals surface area contributed by atoms with E-state index in [4.69, 9.17) is 17.0 Å². The number of carbonyl (C=O) groups excluding carboxylic acids is 2. The van der Waals surface area contributed by atoms with Crippen molar-refractivity contribution in [2.75, 3.05) is 16.8 Å². The van der Waals surface area contributed by atoms with E-state index in [1.165, 1.54) is 28.8 Å². The molecule has 3 aromatic rings. The largest absolute Gasteiger partial charge is 0.484 e. The number of hydrogen-bond acceptors (Lipinski definition) is 5. The minimum Gasteiger partial charge on any atom is -0.484 e. The molecular weight excluding hydrogens is 497 g/mol. The van der Waals surface area contributed by atoms with Crippen LogP contribution >= 0.6 is 24.0 Å². The number of halogens is 3. The van der Waals surface area contributed by atoms with Crippen LogP contribution in [-0.4, -0.2) is 22.7 Å². The molecule has 0 unspecified atom stereocenters. The van der Waals surface area contributed by atoms with Crippen molar-refractivity contribution in [2.24, 2.45) is 0 Å². The van der Waals surface area contributed by atoms with Crippen LogP contribution in [0.25, 0.3) is 6.08 Å². The van der Waals surface area contributed by atoms with Crippen LogP contribution in [0.1, 0.15) is 11.1 Å². The molecule has 4 rings (SSSR count). The average molecular weight is 515 g/mol. The zero-order valence-electron chi connectivity index (χ0n) is 17.9. The topological polar surface area (TPSA) is 58.6 Å². The first-order valence-electron chi connectivity index (χ1n) is 10.2. The normalized spacial score (nSPS) is 14.9. The van der Waals surface area contributed by atoms with Crippen molar-refractivity contribution >= 4 is 57.6 Å². The van der Waals surface area contributed by atoms with E-state index in [0.29, 0.717) is 26.2 Å². The van der Waals surface area contributed by atoms with Gasteiger partial charge in [-0.3, -0.25) is 14.5 Å². The summed E-state index contributed by atoms with van der Waals surface area (Å²) in [5.41, 5.74) is 0.501. The van der Waals surface area contributed by atoms with Gasteiger partial charge in [0, 0.05) is 5.69 Å². The molecule has 35 heavy (non-hydrogen) atoms. The van der Waals surface area contributed by atoms with Crippen molar-refractivity contribution in [3.8, 4) is 5.75 Å². The Morgan fingerprint density at radius 2 is 1.77 bits per heavy atom. The highest BCUT2D eigenvalue weighted by atomic mass is 32.2. The summed E-state index contributed by atoms with van der Waals surface area (Å²) in [5.74, 6) is -0.493. The van der Waals surface area contributed by atoms with Crippen LogP contribution in [0.3, 0.4) is 0 Å². The van der Waals surface area contributed by atoms with Gasteiger partial charge < -0.3 is 10.1 Å². The van der Waals surface area contributed by atoms with Gasteiger partial charge in [0.1, 0.15) is 5.75 Å². The highest BCUT2D eigenvalue weighted by Crippen LogP contribution is 2.36. The molecule has 0 aliphatic carbocycles. The fourth-order valence-electron chi connectivity index (χ4n) is 3.23. The lowest BCUT2D eigenvalue weighted by Gasteiger charge is -2.13. The minimum atomic E-state index is -4.51. The summed E-state index contributed by atoms with van der Waals surface area (Å²) < 4.78 is 44.4. The molecule has 5 nitrogen and oxygen atoms in total. The second kappa shape index (κ2) is 10.3. The standard InChI is InChI=1S/C25H17F3N2O3S2/c26-25(27,28)17-7-5-8-18(14-17)29-22(31)15-33-20-11-4-6-16(12-20)13-21-23(32)30(24(34)35-21)19-9-2-1-3-10-19/h1-14H,15H2,(H,29,31)/b21-13-. The Bertz CT molecular complexity index is 1310. The molecule has 1 aliphatic heterocycles. The Morgan fingerprint density at radius 1 is 1.03 bits per heavy atom. The van der Waals surface area contributed by atoms with Gasteiger partial charge in [0.05, 0.1) is 16.2 Å². The average Bonchev–Trinajstić information content (AvgIpc) is 3.10. The predicted octanol–water partition coefficient (Wildman–Crippen LogP) is 6.13. The van der Waals surface area contributed by atoms with Crippen LogP contribution in [0, 0.1) is 0 Å². The highest BCUT2D eigenvalue weighted by Gasteiger charge is 2.33. The second-order valence-electron chi connectivity index (χ2n) is 7.34. The summed E-state index contributed by atoms with van der Waals surface area (Å²) in [6.07, 6.45) is -2.83. The van der Waals surface area contributed by atoms with Crippen LogP contribution < -0.4 is 15.0 Å². The molecule has 1 saturated heterocycles. The van der Waals surface area contributed by atoms with E-state index in [1.807, 2.05) is 18.2 Å². The monoisotopic (exact) mass is 514 g/mol. The molecule has 10 heteroatoms. The van der Waals surface area contributed by atoms with E-state index in [9.17, 15) is 22.8 Å². The molecule has 1 fully saturated rings. The third-order valence-corrected chi connectivity index (χ3v) is 6.11. The first kappa shape index (κ1) is 24.5. The lowest BCUT2D eigenvalue weighted by molar-refractivity contribution is -0.137. The Balaban J connectivity index is 1.40. The number of carbonyl (C=O) groups is 2. The lowest BCUT2D eigenvalue weighted by Crippen LogP contribution is -2.27. The van der Waals surface area contributed by atoms with Gasteiger partial charge in [-0.25, -0.2) is 0 Å². The van der Waals surface area contributed by atoms with Crippen molar-refractivity contribution in [1.29, 1.82) is 0 Å². The maximum atomic E-state index is 12.9. The SMILES string of the molecule is O=C(COc1cccc(/C=C2\SC(=S)N(c3ccccc3)C2=O)c1)Nc1cccc(C(F)(F)F)c1. The molecule has 0 radical (unpaired) electrons. The van der Waals surface area contributed by atoms with E-state index < -0.39 is 24.3 Å². The van der Waals surface area contributed by atoms with E-state index in [1.54, 1.807) is 42.5 Å². The van der Waals surface area contributed by atoms with E-state index in [2.05, 4.69) is 5.32 Å². The smallest absolute Gasteiger partial charge is 0.416 e. The summed E-state index contributed by atoms with van der Waals surface area (Å²) in [6, 6.07) is 20.2. The zero-order valence-corrected chi connectivity index (χ0v) is 19.5. The minimum absolute atomic E-state index is 0.0163. The number of thiocarbonyl (C=S) groups is 1. The van der Waals surface area contributed by atoms with Gasteiger partial charge in [-0.05, 0) is 54.1 Å². The van der Waals surface area contributed by atoms with Crippen LogP contribution in [0.2, 0.25) is 0 Å². The molecule has 0 atom stereocenters. The van der Waals surface area contributed by atoms with Gasteiger partial charge in [-0.2, -0.15) is 13.2 Å². The Labute approximate surface area is 208 Å². The number of benzene rings is 3. The van der Waals surface area contributed by atoms with Gasteiger partial charge in [-0.1, -0.05) is 60.4 Å². The number of thioether (sulfide) groups is 1. The van der Waals surface area contributed by atoms with Crippen molar-refractivity contribution in [3.05, 3.63) is 94.9 Å². The first-order chi connectivity index (χ1) is 16.7. The number of nitrogens with zero attached hydrogens (tertiary/aromatic N) is 1. The second-order valence-corrected chi connectivity index (χ2v) is 9.02. The van der Waals surface area contributed by atoms with Crippen LogP contribution in [-0.2, 0) is 15.8 Å². The summed E-state index contributed by atoms with van der Waals surface area (Å²) in [7, 11) is 0. The molecule has 0 saturated carbocycles. The van der Waals surface area contributed by atoms with Gasteiger partial charge in [-0.15, -0.1) is 0 Å². The van der Waals surface area contributed by atoms with Crippen molar-refractivity contribution in [3.63, 3.8) is 0 Å². The molecule has 1 aliphatic rings. The molecule has 3 aromatic carbocycles. The Hall–Kier alpha value is -3.63. The van der Waals surface area contributed by atoms with Crippen LogP contribution in [0.5, 0.6) is 5.75 Å². The summed E-state index contributed by atoms with van der Waals surface area (Å²) >= 11 is 6.55. The van der Waals surface area contributed by atoms with E-state index in [-0.39, 0.29) is 11.6 Å². The molecule has 0 aromatic heterocycles. The molecular formula is C25H17F3N2O3S2. The summed E-state index contributed by atoms with van der Waals surface area (Å²) in [4.78, 5) is 26.9. The third kappa shape index (κ3) is 6.09. The number of anilines is 2. The number of amides is 2. The van der Waals surface area contributed by atoms with Gasteiger partial charge in [0.2, 0.25) is 0 Å². The molecule has 1 heterocycles. The molecule has 0 spiro atoms. The zero-order chi connectivity index (χ0) is 25.0. The molecule has 0 bridgehead atoms. The molecule has 1 N–H and O–H groups in total. The first-order valence-corrected chi connectivity index (χ1v) is 11.5. The summed E-state index contributed by atoms with van der Waals surface area (Å²) in [5, 5.41) is 2.39. The van der Waals surface area contributed by atoms with Crippen molar-refractivity contribution in [2.45, 2.75) is 6.18 Å². The van der Waals surface area contributed by atoms with Crippen LogP contribution in [0.4, 0.5) is 24.5 Å². The third-order valence-electron chi connectivity index (χ3n) is 4.81. The molecule has 2 amide bonds. The lowest BCUT2D eigenvalue weighted by atomic mass is 10.2. The van der Waals surface area contributed by atoms with Crippen LogP contribution in [0.15, 0.2) is 83.8 Å². The predicted molar refractivity (Wildman–Crippen MR) is 134 cm³/mol. The van der Waals surface area contributed by atoms with E-state index >= 15 is 0 Å². The Morgan fingerprint density at radius 3 is 2.51 bits per heavy atom. The van der Waals surface area contributed by atoms with Gasteiger partial charge in [0.25, 0.3) is 11.8 Å². The molecule has 178 valence electrons. The Kier molecular flexibility index (Phi) is 7.23. The fraction of sp³-hybridized carbons (Fsp3) is 0.0800. The highest BCUT2D eigenvalue weighted by molar-refractivity contribution is 8.27. The number of nitrogens with one attached hydrogen (secondary N) is 1. The summed E-state index contributed by atoms with van der Waals surface area (Å²) in [6.45, 7) is -0.407. The fourth-order valence-corrected chi connectivity index (χ4v) is 4.53. The maximum Gasteiger partial charge on any atom is 0.416 e. The number of para-hydroxylation sites is 1. The quantitative estimate of drug-likeness (QED) is 0.317. The number of ether oxygens (including phenoxy) is 1. The van der Waals surface area contributed by atoms with E-state index in [0.717, 1.165) is 12.1 Å². The number of rotatable bonds is 6. The maximum absolute atomic E-state index is 12.9. The number of alkyl halides is 3. The van der Waals surface area contributed by atoms with Crippen molar-refractivity contribution in [1.82, 2.24) is 0 Å². The number of hydrogen-bond donors (Lipinski definition) is 1. The van der Waals surface area contributed by atoms with Gasteiger partial charge in [0.15, 0.2) is 10.9 Å². The van der Waals surface area contributed by atoms with Crippen molar-refractivity contribution < 1.29 is 27.5 Å².